The summed E-state index contributed by atoms with van der Waals surface area (Å²) < 4.78 is 6.01. The Kier molecular flexibility index (Phi) is 3.21. The van der Waals surface area contributed by atoms with E-state index < -0.39 is 5.60 Å². The van der Waals surface area contributed by atoms with Crippen molar-refractivity contribution in [3.8, 4) is 0 Å². The highest BCUT2D eigenvalue weighted by molar-refractivity contribution is 9.11. The van der Waals surface area contributed by atoms with Gasteiger partial charge in [0.15, 0.2) is 0 Å². The molecule has 0 aromatic carbocycles. The number of anilines is 1. The van der Waals surface area contributed by atoms with E-state index in [-0.39, 0.29) is 5.97 Å². The van der Waals surface area contributed by atoms with Crippen LogP contribution in [0.3, 0.4) is 0 Å². The summed E-state index contributed by atoms with van der Waals surface area (Å²) in [7, 11) is 0. The molecule has 0 saturated heterocycles. The van der Waals surface area contributed by atoms with Crippen LogP contribution in [0.1, 0.15) is 31.1 Å². The lowest BCUT2D eigenvalue weighted by Gasteiger charge is -2.19. The van der Waals surface area contributed by atoms with Gasteiger partial charge in [-0.1, -0.05) is 0 Å². The van der Waals surface area contributed by atoms with Gasteiger partial charge in [0.25, 0.3) is 0 Å². The summed E-state index contributed by atoms with van der Waals surface area (Å²) in [4.78, 5) is 11.6. The molecule has 1 rings (SSSR count). The van der Waals surface area contributed by atoms with E-state index in [9.17, 15) is 4.79 Å². The van der Waals surface area contributed by atoms with Gasteiger partial charge in [-0.15, -0.1) is 11.3 Å². The van der Waals surface area contributed by atoms with E-state index >= 15 is 0 Å². The maximum absolute atomic E-state index is 11.6. The van der Waals surface area contributed by atoms with E-state index in [1.54, 1.807) is 6.07 Å². The van der Waals surface area contributed by atoms with Crippen LogP contribution in [0.2, 0.25) is 0 Å². The number of rotatable bonds is 1. The quantitative estimate of drug-likeness (QED) is 0.803. The van der Waals surface area contributed by atoms with Gasteiger partial charge in [0.1, 0.15) is 10.6 Å². The Morgan fingerprint density at radius 2 is 2.14 bits per heavy atom. The summed E-state index contributed by atoms with van der Waals surface area (Å²) in [5.74, 6) is -0.378. The van der Waals surface area contributed by atoms with Crippen LogP contribution in [-0.4, -0.2) is 11.6 Å². The fourth-order valence-corrected chi connectivity index (χ4v) is 2.26. The fraction of sp³-hybridized carbons (Fsp3) is 0.444. The first kappa shape index (κ1) is 11.5. The van der Waals surface area contributed by atoms with Gasteiger partial charge in [-0.05, 0) is 42.8 Å². The summed E-state index contributed by atoms with van der Waals surface area (Å²) in [6.45, 7) is 5.47. The molecule has 5 heteroatoms. The lowest BCUT2D eigenvalue weighted by atomic mass is 10.2. The molecule has 0 atom stereocenters. The van der Waals surface area contributed by atoms with Gasteiger partial charge in [-0.3, -0.25) is 0 Å². The topological polar surface area (TPSA) is 52.3 Å². The highest BCUT2D eigenvalue weighted by atomic mass is 79.9. The van der Waals surface area contributed by atoms with E-state index in [1.807, 2.05) is 20.8 Å². The number of ether oxygens (including phenoxy) is 1. The third-order valence-electron chi connectivity index (χ3n) is 1.35. The van der Waals surface area contributed by atoms with Crippen LogP contribution in [-0.2, 0) is 4.74 Å². The lowest BCUT2D eigenvalue weighted by Crippen LogP contribution is -2.24. The van der Waals surface area contributed by atoms with Gasteiger partial charge in [0.05, 0.1) is 9.35 Å². The number of nitrogen functional groups attached to an aromatic ring is 1. The van der Waals surface area contributed by atoms with Crippen molar-refractivity contribution in [2.45, 2.75) is 26.4 Å². The minimum absolute atomic E-state index is 0.378. The first-order valence-corrected chi connectivity index (χ1v) is 5.69. The number of esters is 1. The minimum Gasteiger partial charge on any atom is -0.456 e. The molecule has 0 aliphatic heterocycles. The normalized spacial score (nSPS) is 11.4. The van der Waals surface area contributed by atoms with Crippen molar-refractivity contribution >= 4 is 38.2 Å². The molecule has 0 radical (unpaired) electrons. The molecule has 0 unspecified atom stereocenters. The number of hydrogen-bond acceptors (Lipinski definition) is 4. The zero-order valence-corrected chi connectivity index (χ0v) is 10.7. The highest BCUT2D eigenvalue weighted by Crippen LogP contribution is 2.30. The molecule has 0 aliphatic rings. The fourth-order valence-electron chi connectivity index (χ4n) is 0.867. The molecule has 0 spiro atoms. The van der Waals surface area contributed by atoms with Crippen molar-refractivity contribution in [3.05, 3.63) is 15.4 Å². The summed E-state index contributed by atoms with van der Waals surface area (Å²) in [5.41, 5.74) is 5.59. The summed E-state index contributed by atoms with van der Waals surface area (Å²) in [5, 5.41) is 0.478. The average molecular weight is 278 g/mol. The second-order valence-corrected chi connectivity index (χ2v) is 6.29. The van der Waals surface area contributed by atoms with Crippen LogP contribution in [0.15, 0.2) is 9.85 Å². The van der Waals surface area contributed by atoms with Crippen LogP contribution >= 0.6 is 27.3 Å². The lowest BCUT2D eigenvalue weighted by molar-refractivity contribution is 0.00713. The Labute approximate surface area is 95.4 Å². The average Bonchev–Trinajstić information content (AvgIpc) is 2.26. The molecule has 0 saturated carbocycles. The predicted octanol–water partition coefficient (Wildman–Crippen LogP) is 3.05. The number of thiophene rings is 1. The number of carbonyl (C=O) groups is 1. The largest absolute Gasteiger partial charge is 0.456 e. The number of carbonyl (C=O) groups excluding carboxylic acids is 1. The second-order valence-electron chi connectivity index (χ2n) is 3.83. The van der Waals surface area contributed by atoms with Crippen LogP contribution < -0.4 is 5.73 Å². The van der Waals surface area contributed by atoms with Gasteiger partial charge in [0.2, 0.25) is 0 Å². The monoisotopic (exact) mass is 277 g/mol. The molecule has 0 aliphatic carbocycles. The Hall–Kier alpha value is -0.550. The van der Waals surface area contributed by atoms with E-state index in [1.165, 1.54) is 11.3 Å². The number of halogens is 1. The molecule has 1 heterocycles. The van der Waals surface area contributed by atoms with Crippen molar-refractivity contribution in [2.24, 2.45) is 0 Å². The SMILES string of the molecule is CC(C)(C)OC(=O)c1cc(Br)sc1N. The van der Waals surface area contributed by atoms with Gasteiger partial charge in [0, 0.05) is 0 Å². The van der Waals surface area contributed by atoms with Crippen LogP contribution in [0.4, 0.5) is 5.00 Å². The minimum atomic E-state index is -0.488. The first-order chi connectivity index (χ1) is 6.29. The zero-order chi connectivity index (χ0) is 10.9. The Morgan fingerprint density at radius 3 is 2.50 bits per heavy atom. The van der Waals surface area contributed by atoms with Crippen molar-refractivity contribution in [2.75, 3.05) is 5.73 Å². The highest BCUT2D eigenvalue weighted by Gasteiger charge is 2.21. The molecular formula is C9H12BrNO2S. The van der Waals surface area contributed by atoms with Gasteiger partial charge >= 0.3 is 5.97 Å². The molecule has 3 nitrogen and oxygen atoms in total. The Bertz CT molecular complexity index is 354. The number of hydrogen-bond donors (Lipinski definition) is 1. The maximum atomic E-state index is 11.6. The van der Waals surface area contributed by atoms with Crippen molar-refractivity contribution in [3.63, 3.8) is 0 Å². The van der Waals surface area contributed by atoms with Gasteiger partial charge in [-0.2, -0.15) is 0 Å². The van der Waals surface area contributed by atoms with Crippen LogP contribution in [0, 0.1) is 0 Å². The van der Waals surface area contributed by atoms with Gasteiger partial charge in [-0.25, -0.2) is 4.79 Å². The molecule has 0 bridgehead atoms. The second kappa shape index (κ2) is 3.90. The van der Waals surface area contributed by atoms with Crippen LogP contribution in [0.5, 0.6) is 0 Å². The molecule has 1 aromatic heterocycles. The first-order valence-electron chi connectivity index (χ1n) is 4.08. The summed E-state index contributed by atoms with van der Waals surface area (Å²) >= 11 is 4.58. The molecule has 78 valence electrons. The summed E-state index contributed by atoms with van der Waals surface area (Å²) in [6.07, 6.45) is 0. The third-order valence-corrected chi connectivity index (χ3v) is 2.82. The van der Waals surface area contributed by atoms with Crippen LogP contribution in [0.25, 0.3) is 0 Å². The molecule has 2 N–H and O–H groups in total. The van der Waals surface area contributed by atoms with Gasteiger partial charge < -0.3 is 10.5 Å². The number of nitrogens with two attached hydrogens (primary N) is 1. The molecular weight excluding hydrogens is 266 g/mol. The molecule has 0 amide bonds. The maximum Gasteiger partial charge on any atom is 0.341 e. The van der Waals surface area contributed by atoms with E-state index in [0.717, 1.165) is 3.79 Å². The predicted molar refractivity (Wildman–Crippen MR) is 61.6 cm³/mol. The standard InChI is InChI=1S/C9H12BrNO2S/c1-9(2,3)13-8(12)5-4-6(10)14-7(5)11/h4H,11H2,1-3H3. The molecule has 0 fully saturated rings. The van der Waals surface area contributed by atoms with E-state index in [0.29, 0.717) is 10.6 Å². The Morgan fingerprint density at radius 1 is 1.57 bits per heavy atom. The summed E-state index contributed by atoms with van der Waals surface area (Å²) in [6, 6.07) is 1.67. The molecule has 14 heavy (non-hydrogen) atoms. The molecule has 1 aromatic rings. The smallest absolute Gasteiger partial charge is 0.341 e. The van der Waals surface area contributed by atoms with Crippen molar-refractivity contribution < 1.29 is 9.53 Å². The van der Waals surface area contributed by atoms with E-state index in [2.05, 4.69) is 15.9 Å². The van der Waals surface area contributed by atoms with Crippen molar-refractivity contribution in [1.29, 1.82) is 0 Å². The van der Waals surface area contributed by atoms with Crippen molar-refractivity contribution in [1.82, 2.24) is 0 Å². The zero-order valence-electron chi connectivity index (χ0n) is 8.26. The Balaban J connectivity index is 2.85. The third kappa shape index (κ3) is 2.99. The van der Waals surface area contributed by atoms with E-state index in [4.69, 9.17) is 10.5 Å².